The Labute approximate surface area is 134 Å². The van der Waals surface area contributed by atoms with Crippen molar-refractivity contribution in [3.05, 3.63) is 0 Å². The van der Waals surface area contributed by atoms with E-state index >= 15 is 0 Å². The summed E-state index contributed by atoms with van der Waals surface area (Å²) in [4.78, 5) is 0. The lowest BCUT2D eigenvalue weighted by Crippen LogP contribution is -2.57. The molecule has 0 aromatic rings. The van der Waals surface area contributed by atoms with Crippen molar-refractivity contribution < 1.29 is 45.2 Å². The monoisotopic (exact) mass is 340 g/mol. The molecule has 1 fully saturated rings. The lowest BCUT2D eigenvalue weighted by Gasteiger charge is -2.42. The zero-order chi connectivity index (χ0) is 17.7. The maximum absolute atomic E-state index is 10.1. The van der Waals surface area contributed by atoms with Crippen LogP contribution in [0.25, 0.3) is 0 Å². The zero-order valence-electron chi connectivity index (χ0n) is 13.3. The van der Waals surface area contributed by atoms with E-state index in [0.717, 1.165) is 0 Å². The van der Waals surface area contributed by atoms with Gasteiger partial charge in [-0.2, -0.15) is 0 Å². The summed E-state index contributed by atoms with van der Waals surface area (Å²) in [5, 5.41) is 67.2. The van der Waals surface area contributed by atoms with Gasteiger partial charge in [0, 0.05) is 12.5 Å². The van der Waals surface area contributed by atoms with E-state index in [1.165, 1.54) is 6.92 Å². The van der Waals surface area contributed by atoms with Crippen molar-refractivity contribution in [1.29, 1.82) is 0 Å². The van der Waals surface area contributed by atoms with Crippen LogP contribution in [-0.4, -0.2) is 98.0 Å². The van der Waals surface area contributed by atoms with Gasteiger partial charge in [0.2, 0.25) is 0 Å². The summed E-state index contributed by atoms with van der Waals surface area (Å²) in [5.41, 5.74) is 0. The second kappa shape index (κ2) is 9.21. The highest BCUT2D eigenvalue weighted by Crippen LogP contribution is 2.28. The average molecular weight is 340 g/mol. The largest absolute Gasteiger partial charge is 0.396 e. The Morgan fingerprint density at radius 1 is 1.04 bits per heavy atom. The molecule has 23 heavy (non-hydrogen) atoms. The minimum absolute atomic E-state index is 0.0417. The van der Waals surface area contributed by atoms with Gasteiger partial charge in [-0.1, -0.05) is 6.92 Å². The van der Waals surface area contributed by atoms with E-state index in [4.69, 9.17) is 14.6 Å². The van der Waals surface area contributed by atoms with Crippen LogP contribution in [0.2, 0.25) is 0 Å². The molecule has 4 unspecified atom stereocenters. The SMILES string of the molecule is CC1[C@H](O[C@H](CCO)C(O)C(O)[C@H](C)O)OC(CO)[C@@H](O)[C@@H]1O. The highest BCUT2D eigenvalue weighted by atomic mass is 16.7. The minimum atomic E-state index is -1.49. The van der Waals surface area contributed by atoms with Crippen LogP contribution in [0.5, 0.6) is 0 Å². The predicted octanol–water partition coefficient (Wildman–Crippen LogP) is -3.07. The molecule has 0 spiro atoms. The van der Waals surface area contributed by atoms with E-state index < -0.39 is 61.5 Å². The highest BCUT2D eigenvalue weighted by molar-refractivity contribution is 4.88. The molecule has 7 N–H and O–H groups in total. The standard InChI is InChI=1S/C14H28O9/c1-6-10(18)13(21)9(5-16)23-14(6)22-8(3-4-15)12(20)11(19)7(2)17/h6-21H,3-5H2,1-2H3/t6?,7-,8+,9?,10+,11?,12?,13+,14+/m0/s1. The molecular weight excluding hydrogens is 312 g/mol. The first-order valence-electron chi connectivity index (χ1n) is 7.67. The van der Waals surface area contributed by atoms with Crippen LogP contribution in [0.3, 0.4) is 0 Å². The van der Waals surface area contributed by atoms with Gasteiger partial charge >= 0.3 is 0 Å². The quantitative estimate of drug-likeness (QED) is 0.243. The van der Waals surface area contributed by atoms with Crippen molar-refractivity contribution in [2.45, 2.75) is 69.3 Å². The van der Waals surface area contributed by atoms with Gasteiger partial charge in [0.15, 0.2) is 6.29 Å². The fourth-order valence-electron chi connectivity index (χ4n) is 2.50. The lowest BCUT2D eigenvalue weighted by atomic mass is 9.92. The molecule has 1 saturated heterocycles. The Hall–Kier alpha value is -0.360. The van der Waals surface area contributed by atoms with E-state index in [1.54, 1.807) is 6.92 Å². The maximum atomic E-state index is 10.1. The summed E-state index contributed by atoms with van der Waals surface area (Å²) < 4.78 is 10.9. The van der Waals surface area contributed by atoms with Crippen molar-refractivity contribution in [3.63, 3.8) is 0 Å². The van der Waals surface area contributed by atoms with Crippen molar-refractivity contribution in [3.8, 4) is 0 Å². The predicted molar refractivity (Wildman–Crippen MR) is 77.2 cm³/mol. The van der Waals surface area contributed by atoms with Crippen molar-refractivity contribution in [1.82, 2.24) is 0 Å². The van der Waals surface area contributed by atoms with Gasteiger partial charge in [-0.25, -0.2) is 0 Å². The Morgan fingerprint density at radius 2 is 1.65 bits per heavy atom. The fourth-order valence-corrected chi connectivity index (χ4v) is 2.50. The van der Waals surface area contributed by atoms with Gasteiger partial charge in [0.1, 0.15) is 24.4 Å². The molecule has 0 aliphatic carbocycles. The van der Waals surface area contributed by atoms with Crippen LogP contribution >= 0.6 is 0 Å². The third kappa shape index (κ3) is 5.05. The molecule has 1 heterocycles. The van der Waals surface area contributed by atoms with Crippen molar-refractivity contribution in [2.75, 3.05) is 13.2 Å². The number of rotatable bonds is 8. The van der Waals surface area contributed by atoms with Crippen LogP contribution in [0.4, 0.5) is 0 Å². The first-order chi connectivity index (χ1) is 10.7. The smallest absolute Gasteiger partial charge is 0.163 e. The lowest BCUT2D eigenvalue weighted by molar-refractivity contribution is -0.305. The van der Waals surface area contributed by atoms with Crippen LogP contribution in [-0.2, 0) is 9.47 Å². The van der Waals surface area contributed by atoms with E-state index in [-0.39, 0.29) is 13.0 Å². The van der Waals surface area contributed by atoms with E-state index in [9.17, 15) is 30.6 Å². The summed E-state index contributed by atoms with van der Waals surface area (Å²) in [6, 6.07) is 0. The maximum Gasteiger partial charge on any atom is 0.163 e. The number of aliphatic hydroxyl groups is 7. The molecule has 0 radical (unpaired) electrons. The van der Waals surface area contributed by atoms with Gasteiger partial charge < -0.3 is 45.2 Å². The molecule has 1 aliphatic heterocycles. The second-order valence-corrected chi connectivity index (χ2v) is 5.97. The van der Waals surface area contributed by atoms with E-state index in [0.29, 0.717) is 0 Å². The number of ether oxygens (including phenoxy) is 2. The second-order valence-electron chi connectivity index (χ2n) is 5.97. The van der Waals surface area contributed by atoms with Gasteiger partial charge in [-0.3, -0.25) is 0 Å². The molecule has 9 nitrogen and oxygen atoms in total. The third-order valence-corrected chi connectivity index (χ3v) is 4.14. The molecule has 9 atom stereocenters. The topological polar surface area (TPSA) is 160 Å². The first kappa shape index (κ1) is 20.7. The van der Waals surface area contributed by atoms with Crippen LogP contribution in [0, 0.1) is 5.92 Å². The summed E-state index contributed by atoms with van der Waals surface area (Å²) in [6.45, 7) is 1.98. The molecule has 1 rings (SSSR count). The molecule has 0 saturated carbocycles. The van der Waals surface area contributed by atoms with Crippen molar-refractivity contribution >= 4 is 0 Å². The Balaban J connectivity index is 2.82. The fraction of sp³-hybridized carbons (Fsp3) is 1.00. The number of hydrogen-bond acceptors (Lipinski definition) is 9. The summed E-state index contributed by atoms with van der Waals surface area (Å²) in [7, 11) is 0. The molecule has 9 heteroatoms. The molecule has 1 aliphatic rings. The summed E-state index contributed by atoms with van der Waals surface area (Å²) in [5.74, 6) is -0.676. The minimum Gasteiger partial charge on any atom is -0.396 e. The average Bonchev–Trinajstić information content (AvgIpc) is 2.53. The summed E-state index contributed by atoms with van der Waals surface area (Å²) in [6.07, 6.45) is -9.92. The van der Waals surface area contributed by atoms with Gasteiger partial charge in [0.05, 0.1) is 24.9 Å². The molecule has 0 amide bonds. The Kier molecular flexibility index (Phi) is 8.28. The van der Waals surface area contributed by atoms with Crippen LogP contribution in [0.15, 0.2) is 0 Å². The van der Waals surface area contributed by atoms with Gasteiger partial charge in [-0.05, 0) is 13.3 Å². The third-order valence-electron chi connectivity index (χ3n) is 4.14. The number of aliphatic hydroxyl groups excluding tert-OH is 7. The zero-order valence-corrected chi connectivity index (χ0v) is 13.3. The Morgan fingerprint density at radius 3 is 2.13 bits per heavy atom. The normalized spacial score (nSPS) is 37.2. The molecule has 138 valence electrons. The summed E-state index contributed by atoms with van der Waals surface area (Å²) >= 11 is 0. The molecule has 0 aromatic carbocycles. The van der Waals surface area contributed by atoms with Crippen LogP contribution in [0.1, 0.15) is 20.3 Å². The number of hydrogen-bond donors (Lipinski definition) is 7. The van der Waals surface area contributed by atoms with E-state index in [1.807, 2.05) is 0 Å². The first-order valence-corrected chi connectivity index (χ1v) is 7.67. The van der Waals surface area contributed by atoms with Gasteiger partial charge in [-0.15, -0.1) is 0 Å². The van der Waals surface area contributed by atoms with Crippen LogP contribution < -0.4 is 0 Å². The highest BCUT2D eigenvalue weighted by Gasteiger charge is 2.44. The molecular formula is C14H28O9. The molecule has 0 aromatic heterocycles. The van der Waals surface area contributed by atoms with E-state index in [2.05, 4.69) is 0 Å². The van der Waals surface area contributed by atoms with Gasteiger partial charge in [0.25, 0.3) is 0 Å². The van der Waals surface area contributed by atoms with Crippen molar-refractivity contribution in [2.24, 2.45) is 5.92 Å². The molecule has 0 bridgehead atoms. The Bertz CT molecular complexity index is 338.